The standard InChI is InChI=1S/C12H13F2N3O2/c13-10-2-1-9(6-11(10)14)19-7-8-5-12(15)17(16-8)3-4-18/h1-2,5-6,18H,3-4,7,15H2. The minimum Gasteiger partial charge on any atom is -0.487 e. The van der Waals surface area contributed by atoms with Crippen LogP contribution >= 0.6 is 0 Å². The minimum atomic E-state index is -0.970. The van der Waals surface area contributed by atoms with E-state index < -0.39 is 11.6 Å². The van der Waals surface area contributed by atoms with Gasteiger partial charge in [0.2, 0.25) is 0 Å². The number of aromatic nitrogens is 2. The molecule has 0 radical (unpaired) electrons. The molecule has 0 aliphatic rings. The first-order valence-corrected chi connectivity index (χ1v) is 5.61. The highest BCUT2D eigenvalue weighted by molar-refractivity contribution is 5.31. The second-order valence-electron chi connectivity index (χ2n) is 3.87. The van der Waals surface area contributed by atoms with E-state index in [4.69, 9.17) is 15.6 Å². The SMILES string of the molecule is Nc1cc(COc2ccc(F)c(F)c2)nn1CCO. The highest BCUT2D eigenvalue weighted by Crippen LogP contribution is 2.17. The number of benzene rings is 1. The van der Waals surface area contributed by atoms with Crippen LogP contribution in [-0.4, -0.2) is 21.5 Å². The summed E-state index contributed by atoms with van der Waals surface area (Å²) < 4.78 is 32.4. The topological polar surface area (TPSA) is 73.3 Å². The monoisotopic (exact) mass is 269 g/mol. The van der Waals surface area contributed by atoms with E-state index in [2.05, 4.69) is 5.10 Å². The second kappa shape index (κ2) is 5.66. The fourth-order valence-electron chi connectivity index (χ4n) is 1.56. The van der Waals surface area contributed by atoms with Crippen molar-refractivity contribution in [3.63, 3.8) is 0 Å². The molecule has 102 valence electrons. The van der Waals surface area contributed by atoms with Gasteiger partial charge in [-0.05, 0) is 12.1 Å². The smallest absolute Gasteiger partial charge is 0.162 e. The lowest BCUT2D eigenvalue weighted by Gasteiger charge is -2.04. The van der Waals surface area contributed by atoms with Crippen molar-refractivity contribution in [2.75, 3.05) is 12.3 Å². The van der Waals surface area contributed by atoms with Crippen LogP contribution < -0.4 is 10.5 Å². The van der Waals surface area contributed by atoms with Crippen molar-refractivity contribution >= 4 is 5.82 Å². The van der Waals surface area contributed by atoms with Crippen molar-refractivity contribution < 1.29 is 18.6 Å². The highest BCUT2D eigenvalue weighted by Gasteiger charge is 2.07. The summed E-state index contributed by atoms with van der Waals surface area (Å²) in [5.41, 5.74) is 6.20. The molecule has 7 heteroatoms. The number of rotatable bonds is 5. The van der Waals surface area contributed by atoms with Crippen LogP contribution in [0.2, 0.25) is 0 Å². The van der Waals surface area contributed by atoms with Crippen LogP contribution in [0.1, 0.15) is 5.69 Å². The van der Waals surface area contributed by atoms with E-state index in [-0.39, 0.29) is 25.5 Å². The van der Waals surface area contributed by atoms with Gasteiger partial charge >= 0.3 is 0 Å². The van der Waals surface area contributed by atoms with Crippen LogP contribution in [0.15, 0.2) is 24.3 Å². The Balaban J connectivity index is 2.01. The number of nitrogens with two attached hydrogens (primary N) is 1. The van der Waals surface area contributed by atoms with Gasteiger partial charge in [-0.25, -0.2) is 13.5 Å². The number of hydrogen-bond donors (Lipinski definition) is 2. The summed E-state index contributed by atoms with van der Waals surface area (Å²) in [6.07, 6.45) is 0. The molecule has 1 aromatic heterocycles. The number of ether oxygens (including phenoxy) is 1. The van der Waals surface area contributed by atoms with Crippen molar-refractivity contribution in [2.45, 2.75) is 13.2 Å². The molecule has 0 fully saturated rings. The highest BCUT2D eigenvalue weighted by atomic mass is 19.2. The zero-order valence-corrected chi connectivity index (χ0v) is 10.0. The molecular formula is C12H13F2N3O2. The summed E-state index contributed by atoms with van der Waals surface area (Å²) >= 11 is 0. The minimum absolute atomic E-state index is 0.0741. The number of hydrogen-bond acceptors (Lipinski definition) is 4. The van der Waals surface area contributed by atoms with Crippen LogP contribution in [0, 0.1) is 11.6 Å². The Hall–Kier alpha value is -2.15. The lowest BCUT2D eigenvalue weighted by Crippen LogP contribution is -2.08. The van der Waals surface area contributed by atoms with Gasteiger partial charge in [-0.3, -0.25) is 0 Å². The number of nitrogens with zero attached hydrogens (tertiary/aromatic N) is 2. The molecule has 1 heterocycles. The van der Waals surface area contributed by atoms with Crippen LogP contribution in [0.3, 0.4) is 0 Å². The van der Waals surface area contributed by atoms with Gasteiger partial charge in [-0.15, -0.1) is 0 Å². The predicted octanol–water partition coefficient (Wildman–Crippen LogP) is 1.31. The number of halogens is 2. The maximum atomic E-state index is 13.0. The van der Waals surface area contributed by atoms with Gasteiger partial charge < -0.3 is 15.6 Å². The van der Waals surface area contributed by atoms with E-state index in [0.29, 0.717) is 11.5 Å². The molecule has 3 N–H and O–H groups in total. The summed E-state index contributed by atoms with van der Waals surface area (Å²) in [4.78, 5) is 0. The predicted molar refractivity (Wildman–Crippen MR) is 64.4 cm³/mol. The van der Waals surface area contributed by atoms with Gasteiger partial charge in [0, 0.05) is 12.1 Å². The summed E-state index contributed by atoms with van der Waals surface area (Å²) in [5.74, 6) is -1.29. The summed E-state index contributed by atoms with van der Waals surface area (Å²) in [5, 5.41) is 12.9. The quantitative estimate of drug-likeness (QED) is 0.858. The van der Waals surface area contributed by atoms with Crippen LogP contribution in [0.5, 0.6) is 5.75 Å². The third-order valence-electron chi connectivity index (χ3n) is 2.45. The van der Waals surface area contributed by atoms with E-state index in [1.807, 2.05) is 0 Å². The molecule has 1 aromatic carbocycles. The third kappa shape index (κ3) is 3.19. The molecule has 0 spiro atoms. The van der Waals surface area contributed by atoms with Gasteiger partial charge in [0.05, 0.1) is 13.2 Å². The Kier molecular flexibility index (Phi) is 3.96. The summed E-state index contributed by atoms with van der Waals surface area (Å²) in [6.45, 7) is 0.292. The Labute approximate surface area is 108 Å². The van der Waals surface area contributed by atoms with Gasteiger partial charge in [-0.2, -0.15) is 5.10 Å². The molecule has 2 aromatic rings. The molecule has 0 saturated heterocycles. The van der Waals surface area contributed by atoms with Crippen LogP contribution in [0.25, 0.3) is 0 Å². The van der Waals surface area contributed by atoms with E-state index in [0.717, 1.165) is 12.1 Å². The number of nitrogen functional groups attached to an aromatic ring is 1. The van der Waals surface area contributed by atoms with Gasteiger partial charge in [-0.1, -0.05) is 0 Å². The molecule has 5 nitrogen and oxygen atoms in total. The average molecular weight is 269 g/mol. The molecule has 19 heavy (non-hydrogen) atoms. The Morgan fingerprint density at radius 3 is 2.74 bits per heavy atom. The molecule has 0 amide bonds. The number of aliphatic hydroxyl groups excluding tert-OH is 1. The van der Waals surface area contributed by atoms with Gasteiger partial charge in [0.15, 0.2) is 11.6 Å². The average Bonchev–Trinajstić information content (AvgIpc) is 2.72. The number of aliphatic hydroxyl groups is 1. The molecule has 0 saturated carbocycles. The van der Waals surface area contributed by atoms with Gasteiger partial charge in [0.1, 0.15) is 23.9 Å². The fraction of sp³-hybridized carbons (Fsp3) is 0.250. The summed E-state index contributed by atoms with van der Waals surface area (Å²) in [6, 6.07) is 4.87. The number of anilines is 1. The lowest BCUT2D eigenvalue weighted by molar-refractivity contribution is 0.266. The van der Waals surface area contributed by atoms with Crippen molar-refractivity contribution in [1.82, 2.24) is 9.78 Å². The third-order valence-corrected chi connectivity index (χ3v) is 2.45. The van der Waals surface area contributed by atoms with E-state index in [9.17, 15) is 8.78 Å². The van der Waals surface area contributed by atoms with E-state index >= 15 is 0 Å². The summed E-state index contributed by atoms with van der Waals surface area (Å²) in [7, 11) is 0. The second-order valence-corrected chi connectivity index (χ2v) is 3.87. The lowest BCUT2D eigenvalue weighted by atomic mass is 10.3. The van der Waals surface area contributed by atoms with Gasteiger partial charge in [0.25, 0.3) is 0 Å². The Morgan fingerprint density at radius 1 is 1.26 bits per heavy atom. The fourth-order valence-corrected chi connectivity index (χ4v) is 1.56. The van der Waals surface area contributed by atoms with Crippen molar-refractivity contribution in [2.24, 2.45) is 0 Å². The zero-order valence-electron chi connectivity index (χ0n) is 10.0. The van der Waals surface area contributed by atoms with Crippen molar-refractivity contribution in [3.8, 4) is 5.75 Å². The van der Waals surface area contributed by atoms with Crippen molar-refractivity contribution in [1.29, 1.82) is 0 Å². The van der Waals surface area contributed by atoms with Crippen LogP contribution in [0.4, 0.5) is 14.6 Å². The van der Waals surface area contributed by atoms with Crippen molar-refractivity contribution in [3.05, 3.63) is 41.6 Å². The first-order chi connectivity index (χ1) is 9.10. The maximum absolute atomic E-state index is 13.0. The molecule has 0 bridgehead atoms. The Bertz CT molecular complexity index is 572. The zero-order chi connectivity index (χ0) is 13.8. The molecule has 0 aliphatic carbocycles. The normalized spacial score (nSPS) is 10.7. The molecule has 2 rings (SSSR count). The first-order valence-electron chi connectivity index (χ1n) is 5.61. The molecule has 0 unspecified atom stereocenters. The first kappa shape index (κ1) is 13.3. The molecule has 0 atom stereocenters. The Morgan fingerprint density at radius 2 is 2.05 bits per heavy atom. The van der Waals surface area contributed by atoms with Crippen LogP contribution in [-0.2, 0) is 13.2 Å². The molecular weight excluding hydrogens is 256 g/mol. The molecule has 0 aliphatic heterocycles. The largest absolute Gasteiger partial charge is 0.487 e. The van der Waals surface area contributed by atoms with E-state index in [1.165, 1.54) is 10.7 Å². The van der Waals surface area contributed by atoms with E-state index in [1.54, 1.807) is 6.07 Å². The maximum Gasteiger partial charge on any atom is 0.162 e.